The van der Waals surface area contributed by atoms with Crippen LogP contribution >= 0.6 is 0 Å². The lowest BCUT2D eigenvalue weighted by Crippen LogP contribution is -2.79. The minimum atomic E-state index is -2.28. The third-order valence-electron chi connectivity index (χ3n) is 17.0. The molecule has 1 aromatic rings. The number of allylic oxidation sites excluding steroid dienone is 1. The second-order valence-corrected chi connectivity index (χ2v) is 19.9. The lowest BCUT2D eigenvalue weighted by Gasteiger charge is -2.63. The largest absolute Gasteiger partial charge is 0.468 e. The fourth-order valence-electron chi connectivity index (χ4n) is 14.6. The summed E-state index contributed by atoms with van der Waals surface area (Å²) in [5.74, 6) is -2.38. The van der Waals surface area contributed by atoms with Crippen molar-refractivity contribution in [2.45, 2.75) is 94.8 Å². The number of likely N-dealkylation sites (tertiary alicyclic amines) is 1. The molecule has 9 rings (SSSR count). The van der Waals surface area contributed by atoms with Crippen molar-refractivity contribution >= 4 is 41.9 Å². The Hall–Kier alpha value is -3.95. The first-order valence-corrected chi connectivity index (χ1v) is 22.7. The molecule has 2 aliphatic carbocycles. The molecule has 3 unspecified atom stereocenters. The van der Waals surface area contributed by atoms with Crippen LogP contribution in [0.2, 0.25) is 0 Å². The zero-order chi connectivity index (χ0) is 44.3. The van der Waals surface area contributed by atoms with Gasteiger partial charge in [-0.3, -0.25) is 19.4 Å². The molecule has 6 heterocycles. The van der Waals surface area contributed by atoms with Gasteiger partial charge in [-0.05, 0) is 85.9 Å². The molecule has 3 saturated heterocycles. The number of piperidine rings is 1. The molecular formula is C48H65BN4O9. The van der Waals surface area contributed by atoms with Crippen molar-refractivity contribution in [3.63, 3.8) is 0 Å². The van der Waals surface area contributed by atoms with Crippen molar-refractivity contribution in [1.29, 1.82) is 0 Å². The molecule has 12 atom stereocenters. The Morgan fingerprint density at radius 1 is 0.984 bits per heavy atom. The van der Waals surface area contributed by atoms with Crippen LogP contribution in [0.5, 0.6) is 0 Å². The van der Waals surface area contributed by atoms with Crippen molar-refractivity contribution in [3.05, 3.63) is 64.8 Å². The highest BCUT2D eigenvalue weighted by molar-refractivity contribution is 6.67. The van der Waals surface area contributed by atoms with Gasteiger partial charge in [0.1, 0.15) is 0 Å². The van der Waals surface area contributed by atoms with E-state index in [0.29, 0.717) is 65.4 Å². The smallest absolute Gasteiger partial charge is 0.344 e. The molecule has 0 amide bonds. The monoisotopic (exact) mass is 852 g/mol. The number of benzene rings is 1. The molecule has 334 valence electrons. The number of carbonyl (C=O) groups excluding carboxylic acids is 3. The first kappa shape index (κ1) is 43.3. The average Bonchev–Trinajstić information content (AvgIpc) is 3.92. The van der Waals surface area contributed by atoms with Crippen LogP contribution in [-0.4, -0.2) is 161 Å². The highest BCUT2D eigenvalue weighted by Crippen LogP contribution is 2.70. The van der Waals surface area contributed by atoms with E-state index in [1.54, 1.807) is 7.11 Å². The van der Waals surface area contributed by atoms with Crippen LogP contribution in [-0.2, 0) is 33.3 Å². The molecule has 8 aliphatic rings. The number of fused-ring (bicyclic) bond motifs is 5. The van der Waals surface area contributed by atoms with Gasteiger partial charge in [0.15, 0.2) is 13.4 Å². The zero-order valence-electron chi connectivity index (χ0n) is 38.0. The number of rotatable bonds is 8. The molecule has 62 heavy (non-hydrogen) atoms. The number of carbonyl (C=O) groups is 3. The highest BCUT2D eigenvalue weighted by atomic mass is 16.6. The van der Waals surface area contributed by atoms with Crippen LogP contribution in [0.15, 0.2) is 59.2 Å². The summed E-state index contributed by atoms with van der Waals surface area (Å²) in [6, 6.07) is 5.43. The Balaban J connectivity index is 1.32. The van der Waals surface area contributed by atoms with Gasteiger partial charge >= 0.3 is 17.9 Å². The lowest BCUT2D eigenvalue weighted by molar-refractivity contribution is -0.243. The predicted molar refractivity (Wildman–Crippen MR) is 237 cm³/mol. The Morgan fingerprint density at radius 2 is 1.74 bits per heavy atom. The van der Waals surface area contributed by atoms with Crippen molar-refractivity contribution in [1.82, 2.24) is 14.7 Å². The molecule has 13 nitrogen and oxygen atoms in total. The predicted octanol–water partition coefficient (Wildman–Crippen LogP) is 2.60. The molecule has 1 saturated carbocycles. The number of methoxy groups -OCH3 is 3. The van der Waals surface area contributed by atoms with Gasteiger partial charge in [-0.15, -0.1) is 0 Å². The molecule has 1 spiro atoms. The summed E-state index contributed by atoms with van der Waals surface area (Å²) in [5.41, 5.74) is 1.14. The number of aliphatic hydroxyl groups is 2. The van der Waals surface area contributed by atoms with Crippen LogP contribution in [0.3, 0.4) is 0 Å². The number of esters is 3. The van der Waals surface area contributed by atoms with Crippen LogP contribution in [0.4, 0.5) is 5.69 Å². The maximum absolute atomic E-state index is 15.6. The first-order valence-electron chi connectivity index (χ1n) is 22.7. The summed E-state index contributed by atoms with van der Waals surface area (Å²) in [6.07, 6.45) is 10.0. The summed E-state index contributed by atoms with van der Waals surface area (Å²) in [4.78, 5) is 52.0. The van der Waals surface area contributed by atoms with Gasteiger partial charge in [0.2, 0.25) is 5.60 Å². The van der Waals surface area contributed by atoms with Crippen LogP contribution in [0.25, 0.3) is 5.57 Å². The van der Waals surface area contributed by atoms with E-state index in [9.17, 15) is 19.8 Å². The summed E-state index contributed by atoms with van der Waals surface area (Å²) in [5, 5.41) is 25.5. The van der Waals surface area contributed by atoms with E-state index in [1.807, 2.05) is 39.9 Å². The summed E-state index contributed by atoms with van der Waals surface area (Å²) in [6.45, 7) is 8.82. The molecule has 14 heteroatoms. The SMILES string of the molecule is CC[C@]1(O)C[C@H]2CN(CCC3=C(Bc4ccc(N(C)C)cc43)[C@@](C(=O)OC)(C3C=C4C(=CC3OC)N(C)[C@H]3[C@@](O)(C(=O)OC)[C@H](OC(C)=O)[C@]5(CC)C=CCN6CC[C@]43[C@@H]65)C2)C1. The second kappa shape index (κ2) is 15.1. The minimum Gasteiger partial charge on any atom is -0.468 e. The Morgan fingerprint density at radius 3 is 2.40 bits per heavy atom. The van der Waals surface area contributed by atoms with Crippen molar-refractivity contribution in [2.75, 3.05) is 80.1 Å². The zero-order valence-corrected chi connectivity index (χ0v) is 38.0. The fourth-order valence-corrected chi connectivity index (χ4v) is 14.6. The summed E-state index contributed by atoms with van der Waals surface area (Å²) in [7, 11) is 11.0. The minimum absolute atomic E-state index is 0.0408. The Bertz CT molecular complexity index is 2190. The van der Waals surface area contributed by atoms with Gasteiger partial charge in [0, 0.05) is 95.5 Å². The normalized spacial score (nSPS) is 40.2. The Labute approximate surface area is 367 Å². The van der Waals surface area contributed by atoms with Gasteiger partial charge in [-0.2, -0.15) is 0 Å². The highest BCUT2D eigenvalue weighted by Gasteiger charge is 2.81. The van der Waals surface area contributed by atoms with E-state index in [-0.39, 0.29) is 17.9 Å². The maximum Gasteiger partial charge on any atom is 0.344 e. The molecule has 1 aromatic carbocycles. The lowest BCUT2D eigenvalue weighted by atomic mass is 9.46. The Kier molecular flexibility index (Phi) is 10.5. The topological polar surface area (TPSA) is 142 Å². The summed E-state index contributed by atoms with van der Waals surface area (Å²) < 4.78 is 24.3. The number of nitrogens with zero attached hydrogens (tertiary/aromatic N) is 4. The van der Waals surface area contributed by atoms with E-state index in [2.05, 4.69) is 57.2 Å². The van der Waals surface area contributed by atoms with Gasteiger partial charge in [-0.1, -0.05) is 49.1 Å². The molecule has 2 N–H and O–H groups in total. The van der Waals surface area contributed by atoms with E-state index in [4.69, 9.17) is 18.9 Å². The molecular weight excluding hydrogens is 787 g/mol. The first-order chi connectivity index (χ1) is 29.5. The number of ether oxygens (including phenoxy) is 4. The third-order valence-corrected chi connectivity index (χ3v) is 17.0. The number of anilines is 1. The third kappa shape index (κ3) is 5.74. The molecule has 4 fully saturated rings. The van der Waals surface area contributed by atoms with Gasteiger partial charge in [-0.25, -0.2) is 4.79 Å². The van der Waals surface area contributed by atoms with Crippen molar-refractivity contribution < 1.29 is 43.5 Å². The molecule has 0 aromatic heterocycles. The van der Waals surface area contributed by atoms with Crippen molar-refractivity contribution in [2.24, 2.45) is 28.1 Å². The molecule has 6 aliphatic heterocycles. The quantitative estimate of drug-likeness (QED) is 0.172. The average molecular weight is 853 g/mol. The van der Waals surface area contributed by atoms with E-state index < -0.39 is 63.6 Å². The van der Waals surface area contributed by atoms with Crippen LogP contribution < -0.4 is 10.4 Å². The summed E-state index contributed by atoms with van der Waals surface area (Å²) >= 11 is 0. The second-order valence-electron chi connectivity index (χ2n) is 19.9. The number of hydrogen-bond donors (Lipinski definition) is 2. The van der Waals surface area contributed by atoms with E-state index >= 15 is 4.79 Å². The van der Waals surface area contributed by atoms with Crippen LogP contribution in [0, 0.1) is 28.1 Å². The number of hydrogen-bond acceptors (Lipinski definition) is 13. The van der Waals surface area contributed by atoms with Gasteiger partial charge in [0.05, 0.1) is 37.4 Å². The molecule has 0 radical (unpaired) electrons. The van der Waals surface area contributed by atoms with E-state index in [1.165, 1.54) is 26.6 Å². The van der Waals surface area contributed by atoms with Crippen LogP contribution in [0.1, 0.15) is 64.9 Å². The fraction of sp³-hybridized carbons (Fsp3) is 0.646. The molecule has 2 bridgehead atoms. The van der Waals surface area contributed by atoms with Gasteiger partial charge in [0.25, 0.3) is 0 Å². The van der Waals surface area contributed by atoms with E-state index in [0.717, 1.165) is 46.7 Å². The standard InChI is InChI=1S/C48H65BN4O9/c1-10-44(57)24-29-25-47(42(55)60-8,38-31(15-19-52(26-29)27-44)32-21-30(50(4)5)13-14-35(32)49-38)34-22-33-36(23-37(34)59-7)51(6)40-46(33)17-20-53-18-12-16-45(11-2,39(46)53)41(62-28(3)54)48(40,58)43(56)61-9/h12-14,16,21-23,29,34,37,39-41,49,57-58H,10-11,15,17-20,24-27H2,1-9H3/t29-,34?,37?,39+,40-,41-,44+,45-,46-,47+,48+/m1/s1. The van der Waals surface area contributed by atoms with Crippen molar-refractivity contribution in [3.8, 4) is 0 Å². The number of likely N-dealkylation sites (N-methyl/N-ethyl adjacent to an activating group) is 1. The van der Waals surface area contributed by atoms with Gasteiger partial charge < -0.3 is 39.0 Å². The maximum atomic E-state index is 15.6.